The summed E-state index contributed by atoms with van der Waals surface area (Å²) in [5, 5.41) is 0. The van der Waals surface area contributed by atoms with Crippen LogP contribution < -0.4 is 15.2 Å². The van der Waals surface area contributed by atoms with Crippen molar-refractivity contribution in [3.63, 3.8) is 0 Å². The van der Waals surface area contributed by atoms with Crippen molar-refractivity contribution in [2.75, 3.05) is 12.8 Å². The first kappa shape index (κ1) is 12.2. The van der Waals surface area contributed by atoms with Gasteiger partial charge in [0, 0.05) is 12.3 Å². The number of hydrogen-bond acceptors (Lipinski definition) is 5. The van der Waals surface area contributed by atoms with Crippen molar-refractivity contribution in [1.29, 1.82) is 0 Å². The number of benzene rings is 1. The number of nitrogen functional groups attached to an aromatic ring is 1. The van der Waals surface area contributed by atoms with E-state index in [9.17, 15) is 0 Å². The molecule has 1 heterocycles. The van der Waals surface area contributed by atoms with Crippen molar-refractivity contribution in [2.24, 2.45) is 0 Å². The predicted molar refractivity (Wildman–Crippen MR) is 69.0 cm³/mol. The lowest BCUT2D eigenvalue weighted by atomic mass is 10.3. The Morgan fingerprint density at radius 1 is 1.22 bits per heavy atom. The number of ether oxygens (including phenoxy) is 2. The zero-order valence-electron chi connectivity index (χ0n) is 10.6. The molecule has 0 spiro atoms. The van der Waals surface area contributed by atoms with Crippen LogP contribution >= 0.6 is 0 Å². The van der Waals surface area contributed by atoms with Gasteiger partial charge >= 0.3 is 0 Å². The van der Waals surface area contributed by atoms with Crippen LogP contribution in [0.15, 0.2) is 24.4 Å². The standard InChI is InChI=1S/C13H15N3O2/c1-8-7-15-9(2)13(16-8)18-10-4-5-12(17-3)11(14)6-10/h4-7H,14H2,1-3H3. The van der Waals surface area contributed by atoms with E-state index in [0.29, 0.717) is 23.1 Å². The average molecular weight is 245 g/mol. The summed E-state index contributed by atoms with van der Waals surface area (Å²) < 4.78 is 10.7. The van der Waals surface area contributed by atoms with Crippen molar-refractivity contribution in [3.05, 3.63) is 35.8 Å². The molecule has 0 unspecified atom stereocenters. The molecule has 0 saturated heterocycles. The third-order valence-electron chi connectivity index (χ3n) is 2.45. The van der Waals surface area contributed by atoms with Crippen molar-refractivity contribution >= 4 is 5.69 Å². The molecular weight excluding hydrogens is 230 g/mol. The molecule has 2 aromatic rings. The minimum Gasteiger partial charge on any atom is -0.495 e. The first-order chi connectivity index (χ1) is 8.60. The lowest BCUT2D eigenvalue weighted by Gasteiger charge is -2.09. The van der Waals surface area contributed by atoms with Gasteiger partial charge in [0.25, 0.3) is 0 Å². The summed E-state index contributed by atoms with van der Waals surface area (Å²) in [6.07, 6.45) is 1.70. The van der Waals surface area contributed by atoms with Crippen LogP contribution in [0, 0.1) is 13.8 Å². The second-order valence-electron chi connectivity index (χ2n) is 3.91. The summed E-state index contributed by atoms with van der Waals surface area (Å²) in [7, 11) is 1.57. The van der Waals surface area contributed by atoms with Crippen molar-refractivity contribution in [1.82, 2.24) is 9.97 Å². The van der Waals surface area contributed by atoms with Crippen molar-refractivity contribution in [3.8, 4) is 17.4 Å². The van der Waals surface area contributed by atoms with Crippen LogP contribution in [0.1, 0.15) is 11.4 Å². The lowest BCUT2D eigenvalue weighted by molar-refractivity contribution is 0.414. The predicted octanol–water partition coefficient (Wildman–Crippen LogP) is 2.48. The molecule has 0 amide bonds. The van der Waals surface area contributed by atoms with Crippen LogP contribution in [0.2, 0.25) is 0 Å². The molecule has 2 N–H and O–H groups in total. The Morgan fingerprint density at radius 3 is 2.67 bits per heavy atom. The molecule has 5 heteroatoms. The van der Waals surface area contributed by atoms with E-state index in [1.165, 1.54) is 0 Å². The van der Waals surface area contributed by atoms with Gasteiger partial charge in [0.05, 0.1) is 24.2 Å². The van der Waals surface area contributed by atoms with E-state index in [1.807, 2.05) is 13.8 Å². The number of anilines is 1. The summed E-state index contributed by atoms with van der Waals surface area (Å²) in [4.78, 5) is 8.47. The zero-order chi connectivity index (χ0) is 13.1. The van der Waals surface area contributed by atoms with Crippen molar-refractivity contribution < 1.29 is 9.47 Å². The average Bonchev–Trinajstić information content (AvgIpc) is 2.34. The van der Waals surface area contributed by atoms with Gasteiger partial charge in [-0.15, -0.1) is 0 Å². The maximum Gasteiger partial charge on any atom is 0.241 e. The molecule has 0 saturated carbocycles. The Hall–Kier alpha value is -2.30. The lowest BCUT2D eigenvalue weighted by Crippen LogP contribution is -1.97. The molecule has 0 aliphatic carbocycles. The molecule has 5 nitrogen and oxygen atoms in total. The van der Waals surface area contributed by atoms with Crippen LogP contribution in [-0.4, -0.2) is 17.1 Å². The van der Waals surface area contributed by atoms with Gasteiger partial charge < -0.3 is 15.2 Å². The Bertz CT molecular complexity index is 570. The highest BCUT2D eigenvalue weighted by Crippen LogP contribution is 2.29. The normalized spacial score (nSPS) is 10.2. The van der Waals surface area contributed by atoms with Gasteiger partial charge in [0.1, 0.15) is 11.5 Å². The summed E-state index contributed by atoms with van der Waals surface area (Å²) in [6, 6.07) is 5.23. The number of nitrogens with two attached hydrogens (primary N) is 1. The van der Waals surface area contributed by atoms with Crippen LogP contribution in [0.3, 0.4) is 0 Å². The third kappa shape index (κ3) is 2.51. The van der Waals surface area contributed by atoms with E-state index >= 15 is 0 Å². The highest BCUT2D eigenvalue weighted by molar-refractivity contribution is 5.56. The summed E-state index contributed by atoms with van der Waals surface area (Å²) in [5.41, 5.74) is 7.87. The molecule has 94 valence electrons. The highest BCUT2D eigenvalue weighted by Gasteiger charge is 2.07. The minimum atomic E-state index is 0.486. The van der Waals surface area contributed by atoms with Crippen LogP contribution in [-0.2, 0) is 0 Å². The smallest absolute Gasteiger partial charge is 0.241 e. The maximum atomic E-state index is 5.81. The van der Waals surface area contributed by atoms with Gasteiger partial charge in [-0.25, -0.2) is 4.98 Å². The minimum absolute atomic E-state index is 0.486. The first-order valence-electron chi connectivity index (χ1n) is 5.52. The molecule has 0 fully saturated rings. The highest BCUT2D eigenvalue weighted by atomic mass is 16.5. The van der Waals surface area contributed by atoms with Crippen LogP contribution in [0.25, 0.3) is 0 Å². The number of aromatic nitrogens is 2. The zero-order valence-corrected chi connectivity index (χ0v) is 10.6. The summed E-state index contributed by atoms with van der Waals surface area (Å²) in [5.74, 6) is 1.71. The first-order valence-corrected chi connectivity index (χ1v) is 5.52. The van der Waals surface area contributed by atoms with Crippen LogP contribution in [0.5, 0.6) is 17.4 Å². The largest absolute Gasteiger partial charge is 0.495 e. The molecule has 1 aromatic heterocycles. The van der Waals surface area contributed by atoms with E-state index in [0.717, 1.165) is 11.4 Å². The number of nitrogens with zero attached hydrogens (tertiary/aromatic N) is 2. The van der Waals surface area contributed by atoms with Crippen LogP contribution in [0.4, 0.5) is 5.69 Å². The molecule has 0 radical (unpaired) electrons. The second kappa shape index (κ2) is 4.91. The van der Waals surface area contributed by atoms with Crippen molar-refractivity contribution in [2.45, 2.75) is 13.8 Å². The Labute approximate surface area is 106 Å². The summed E-state index contributed by atoms with van der Waals surface area (Å²) in [6.45, 7) is 3.70. The SMILES string of the molecule is COc1ccc(Oc2nc(C)cnc2C)cc1N. The van der Waals surface area contributed by atoms with E-state index in [-0.39, 0.29) is 0 Å². The van der Waals surface area contributed by atoms with Gasteiger partial charge in [-0.1, -0.05) is 0 Å². The molecule has 1 aromatic carbocycles. The number of rotatable bonds is 3. The van der Waals surface area contributed by atoms with E-state index in [2.05, 4.69) is 9.97 Å². The topological polar surface area (TPSA) is 70.3 Å². The van der Waals surface area contributed by atoms with E-state index in [1.54, 1.807) is 31.5 Å². The fourth-order valence-electron chi connectivity index (χ4n) is 1.50. The number of hydrogen-bond donors (Lipinski definition) is 1. The summed E-state index contributed by atoms with van der Waals surface area (Å²) >= 11 is 0. The maximum absolute atomic E-state index is 5.81. The van der Waals surface area contributed by atoms with Gasteiger partial charge in [-0.2, -0.15) is 0 Å². The fourth-order valence-corrected chi connectivity index (χ4v) is 1.50. The molecular formula is C13H15N3O2. The van der Waals surface area contributed by atoms with E-state index in [4.69, 9.17) is 15.2 Å². The third-order valence-corrected chi connectivity index (χ3v) is 2.45. The molecule has 0 atom stereocenters. The number of aryl methyl sites for hydroxylation is 2. The monoisotopic (exact) mass is 245 g/mol. The molecule has 18 heavy (non-hydrogen) atoms. The second-order valence-corrected chi connectivity index (χ2v) is 3.91. The Morgan fingerprint density at radius 2 is 2.00 bits per heavy atom. The molecule has 0 bridgehead atoms. The van der Waals surface area contributed by atoms with E-state index < -0.39 is 0 Å². The quantitative estimate of drug-likeness (QED) is 0.841. The Balaban J connectivity index is 2.28. The number of methoxy groups -OCH3 is 1. The molecule has 0 aliphatic heterocycles. The fraction of sp³-hybridized carbons (Fsp3) is 0.231. The molecule has 0 aliphatic rings. The van der Waals surface area contributed by atoms with Gasteiger partial charge in [-0.3, -0.25) is 4.98 Å². The van der Waals surface area contributed by atoms with Gasteiger partial charge in [-0.05, 0) is 26.0 Å². The van der Waals surface area contributed by atoms with Gasteiger partial charge in [0.15, 0.2) is 0 Å². The van der Waals surface area contributed by atoms with Gasteiger partial charge in [0.2, 0.25) is 5.88 Å². The molecule has 2 rings (SSSR count). The Kier molecular flexibility index (Phi) is 3.32.